The van der Waals surface area contributed by atoms with Gasteiger partial charge in [-0.2, -0.15) is 0 Å². The van der Waals surface area contributed by atoms with E-state index in [4.69, 9.17) is 10.5 Å². The zero-order chi connectivity index (χ0) is 13.8. The first-order valence-corrected chi connectivity index (χ1v) is 7.03. The molecule has 5 heteroatoms. The molecule has 2 rings (SSSR count). The molecular weight excluding hydrogens is 263 g/mol. The van der Waals surface area contributed by atoms with Crippen LogP contribution in [0.25, 0.3) is 0 Å². The lowest BCUT2D eigenvalue weighted by molar-refractivity contribution is 0.300. The molecule has 102 valence electrons. The highest BCUT2D eigenvalue weighted by Crippen LogP contribution is 2.21. The molecule has 0 unspecified atom stereocenters. The van der Waals surface area contributed by atoms with Crippen molar-refractivity contribution in [1.82, 2.24) is 4.98 Å². The van der Waals surface area contributed by atoms with E-state index in [1.807, 2.05) is 5.38 Å². The molecular formula is C14H17FN2OS. The van der Waals surface area contributed by atoms with Gasteiger partial charge >= 0.3 is 0 Å². The summed E-state index contributed by atoms with van der Waals surface area (Å²) in [6.45, 7) is 4.84. The van der Waals surface area contributed by atoms with E-state index >= 15 is 0 Å². The van der Waals surface area contributed by atoms with Crippen molar-refractivity contribution < 1.29 is 9.13 Å². The maximum atomic E-state index is 13.3. The van der Waals surface area contributed by atoms with Gasteiger partial charge in [0.1, 0.15) is 18.2 Å². The number of ether oxygens (including phenoxy) is 1. The standard InChI is InChI=1S/C14H17FN2OS/c1-9(2)14-17-12(8-19-14)7-18-13-4-10(6-16)3-11(15)5-13/h3-5,8-9H,6-7,16H2,1-2H3. The van der Waals surface area contributed by atoms with Gasteiger partial charge in [-0.1, -0.05) is 13.8 Å². The number of rotatable bonds is 5. The largest absolute Gasteiger partial charge is 0.487 e. The molecule has 0 spiro atoms. The maximum absolute atomic E-state index is 13.3. The van der Waals surface area contributed by atoms with Crippen molar-refractivity contribution in [2.24, 2.45) is 5.73 Å². The minimum Gasteiger partial charge on any atom is -0.487 e. The molecule has 0 aliphatic heterocycles. The van der Waals surface area contributed by atoms with Gasteiger partial charge < -0.3 is 10.5 Å². The highest BCUT2D eigenvalue weighted by Gasteiger charge is 2.07. The van der Waals surface area contributed by atoms with Crippen molar-refractivity contribution in [3.63, 3.8) is 0 Å². The molecule has 2 N–H and O–H groups in total. The average molecular weight is 280 g/mol. The number of hydrogen-bond donors (Lipinski definition) is 1. The van der Waals surface area contributed by atoms with Gasteiger partial charge in [0.15, 0.2) is 0 Å². The molecule has 19 heavy (non-hydrogen) atoms. The average Bonchev–Trinajstić information content (AvgIpc) is 2.84. The first-order chi connectivity index (χ1) is 9.08. The molecule has 3 nitrogen and oxygen atoms in total. The molecule has 0 aliphatic carbocycles. The molecule has 0 bridgehead atoms. The number of benzene rings is 1. The summed E-state index contributed by atoms with van der Waals surface area (Å²) in [4.78, 5) is 4.46. The Morgan fingerprint density at radius 3 is 2.79 bits per heavy atom. The van der Waals surface area contributed by atoms with Crippen molar-refractivity contribution in [3.8, 4) is 5.75 Å². The monoisotopic (exact) mass is 280 g/mol. The molecule has 0 atom stereocenters. The number of nitrogens with zero attached hydrogens (tertiary/aromatic N) is 1. The lowest BCUT2D eigenvalue weighted by Gasteiger charge is -2.06. The summed E-state index contributed by atoms with van der Waals surface area (Å²) in [7, 11) is 0. The van der Waals surface area contributed by atoms with Crippen LogP contribution in [0.1, 0.15) is 36.0 Å². The van der Waals surface area contributed by atoms with E-state index in [0.717, 1.165) is 16.3 Å². The summed E-state index contributed by atoms with van der Waals surface area (Å²) >= 11 is 1.62. The third-order valence-corrected chi connectivity index (χ3v) is 3.81. The van der Waals surface area contributed by atoms with Crippen LogP contribution in [-0.2, 0) is 13.2 Å². The van der Waals surface area contributed by atoms with Crippen LogP contribution < -0.4 is 10.5 Å². The molecule has 1 aromatic carbocycles. The van der Waals surface area contributed by atoms with Gasteiger partial charge in [0.25, 0.3) is 0 Å². The lowest BCUT2D eigenvalue weighted by atomic mass is 10.2. The first-order valence-electron chi connectivity index (χ1n) is 6.15. The summed E-state index contributed by atoms with van der Waals surface area (Å²) < 4.78 is 18.9. The van der Waals surface area contributed by atoms with Crippen molar-refractivity contribution >= 4 is 11.3 Å². The molecule has 0 saturated heterocycles. The van der Waals surface area contributed by atoms with Crippen LogP contribution in [0.3, 0.4) is 0 Å². The highest BCUT2D eigenvalue weighted by atomic mass is 32.1. The number of thiazole rings is 1. The summed E-state index contributed by atoms with van der Waals surface area (Å²) in [5.41, 5.74) is 7.09. The molecule has 1 aromatic heterocycles. The Hall–Kier alpha value is -1.46. The lowest BCUT2D eigenvalue weighted by Crippen LogP contribution is -2.00. The van der Waals surface area contributed by atoms with Crippen LogP contribution in [0, 0.1) is 5.82 Å². The Morgan fingerprint density at radius 1 is 1.37 bits per heavy atom. The normalized spacial score (nSPS) is 11.0. The fourth-order valence-corrected chi connectivity index (χ4v) is 2.45. The van der Waals surface area contributed by atoms with Gasteiger partial charge in [0.2, 0.25) is 0 Å². The number of hydrogen-bond acceptors (Lipinski definition) is 4. The van der Waals surface area contributed by atoms with Gasteiger partial charge in [0, 0.05) is 23.9 Å². The Balaban J connectivity index is 2.03. The van der Waals surface area contributed by atoms with Gasteiger partial charge in [0.05, 0.1) is 10.7 Å². The predicted molar refractivity (Wildman–Crippen MR) is 74.8 cm³/mol. The molecule has 0 saturated carbocycles. The van der Waals surface area contributed by atoms with Crippen LogP contribution in [0.2, 0.25) is 0 Å². The maximum Gasteiger partial charge on any atom is 0.131 e. The van der Waals surface area contributed by atoms with Crippen molar-refractivity contribution in [2.45, 2.75) is 32.9 Å². The minimum atomic E-state index is -0.334. The van der Waals surface area contributed by atoms with E-state index in [1.165, 1.54) is 12.1 Å². The first kappa shape index (κ1) is 14.0. The van der Waals surface area contributed by atoms with Gasteiger partial charge in [-0.05, 0) is 17.7 Å². The molecule has 0 amide bonds. The Bertz CT molecular complexity index is 554. The van der Waals surface area contributed by atoms with Crippen LogP contribution in [-0.4, -0.2) is 4.98 Å². The van der Waals surface area contributed by atoms with E-state index in [2.05, 4.69) is 18.8 Å². The Kier molecular flexibility index (Phi) is 4.50. The van der Waals surface area contributed by atoms with E-state index < -0.39 is 0 Å². The van der Waals surface area contributed by atoms with Gasteiger partial charge in [-0.15, -0.1) is 11.3 Å². The topological polar surface area (TPSA) is 48.1 Å². The summed E-state index contributed by atoms with van der Waals surface area (Å²) in [5, 5.41) is 3.05. The molecule has 2 aromatic rings. The highest BCUT2D eigenvalue weighted by molar-refractivity contribution is 7.09. The molecule has 0 aliphatic rings. The number of halogens is 1. The van der Waals surface area contributed by atoms with Crippen LogP contribution in [0.15, 0.2) is 23.6 Å². The van der Waals surface area contributed by atoms with Gasteiger partial charge in [-0.25, -0.2) is 9.37 Å². The molecule has 0 radical (unpaired) electrons. The smallest absolute Gasteiger partial charge is 0.131 e. The summed E-state index contributed by atoms with van der Waals surface area (Å²) in [6, 6.07) is 4.51. The fraction of sp³-hybridized carbons (Fsp3) is 0.357. The summed E-state index contributed by atoms with van der Waals surface area (Å²) in [5.74, 6) is 0.565. The second kappa shape index (κ2) is 6.12. The minimum absolute atomic E-state index is 0.294. The second-order valence-corrected chi connectivity index (χ2v) is 5.51. The molecule has 1 heterocycles. The van der Waals surface area contributed by atoms with Crippen molar-refractivity contribution in [1.29, 1.82) is 0 Å². The van der Waals surface area contributed by atoms with Crippen molar-refractivity contribution in [3.05, 3.63) is 45.7 Å². The Labute approximate surface area is 116 Å². The van der Waals surface area contributed by atoms with Gasteiger partial charge in [-0.3, -0.25) is 0 Å². The van der Waals surface area contributed by atoms with Crippen molar-refractivity contribution in [2.75, 3.05) is 0 Å². The third kappa shape index (κ3) is 3.75. The second-order valence-electron chi connectivity index (χ2n) is 4.62. The quantitative estimate of drug-likeness (QED) is 0.912. The fourth-order valence-electron chi connectivity index (χ4n) is 1.63. The third-order valence-electron chi connectivity index (χ3n) is 2.62. The van der Waals surface area contributed by atoms with E-state index in [1.54, 1.807) is 17.4 Å². The molecule has 0 fully saturated rings. The van der Waals surface area contributed by atoms with Crippen LogP contribution >= 0.6 is 11.3 Å². The van der Waals surface area contributed by atoms with Crippen LogP contribution in [0.4, 0.5) is 4.39 Å². The zero-order valence-corrected chi connectivity index (χ0v) is 11.8. The van der Waals surface area contributed by atoms with E-state index in [0.29, 0.717) is 24.8 Å². The summed E-state index contributed by atoms with van der Waals surface area (Å²) in [6.07, 6.45) is 0. The van der Waals surface area contributed by atoms with E-state index in [9.17, 15) is 4.39 Å². The number of aromatic nitrogens is 1. The van der Waals surface area contributed by atoms with E-state index in [-0.39, 0.29) is 5.82 Å². The number of nitrogens with two attached hydrogens (primary N) is 1. The SMILES string of the molecule is CC(C)c1nc(COc2cc(F)cc(CN)c2)cs1. The zero-order valence-electron chi connectivity index (χ0n) is 11.0. The Morgan fingerprint density at radius 2 is 2.16 bits per heavy atom. The predicted octanol–water partition coefficient (Wildman–Crippen LogP) is 3.44. The van der Waals surface area contributed by atoms with Crippen LogP contribution in [0.5, 0.6) is 5.75 Å².